The number of aromatic nitrogens is 1. The van der Waals surface area contributed by atoms with Crippen LogP contribution in [0.15, 0.2) is 64.1 Å². The zero-order valence-corrected chi connectivity index (χ0v) is 22.8. The molecule has 0 N–H and O–H groups in total. The topological polar surface area (TPSA) is 93.0 Å². The van der Waals surface area contributed by atoms with E-state index in [-0.39, 0.29) is 29.6 Å². The Hall–Kier alpha value is -3.05. The molecule has 5 rings (SSSR count). The fourth-order valence-electron chi connectivity index (χ4n) is 4.55. The fourth-order valence-corrected chi connectivity index (χ4v) is 7.25. The minimum atomic E-state index is -3.71. The molecule has 1 aliphatic heterocycles. The van der Waals surface area contributed by atoms with Gasteiger partial charge < -0.3 is 9.15 Å². The molecule has 8 nitrogen and oxygen atoms in total. The Morgan fingerprint density at radius 1 is 1.05 bits per heavy atom. The van der Waals surface area contributed by atoms with Crippen LogP contribution < -0.4 is 4.90 Å². The molecular weight excluding hydrogens is 510 g/mol. The highest BCUT2D eigenvalue weighted by atomic mass is 32.2. The van der Waals surface area contributed by atoms with E-state index < -0.39 is 10.0 Å². The van der Waals surface area contributed by atoms with Gasteiger partial charge in [0.1, 0.15) is 5.76 Å². The summed E-state index contributed by atoms with van der Waals surface area (Å²) in [5.74, 6) is 0.333. The Morgan fingerprint density at radius 2 is 1.73 bits per heavy atom. The van der Waals surface area contributed by atoms with Crippen molar-refractivity contribution >= 4 is 42.6 Å². The quantitative estimate of drug-likeness (QED) is 0.336. The number of ether oxygens (including phenoxy) is 1. The van der Waals surface area contributed by atoms with Gasteiger partial charge in [-0.25, -0.2) is 13.4 Å². The molecule has 10 heteroatoms. The molecule has 0 spiro atoms. The Kier molecular flexibility index (Phi) is 6.93. The molecule has 0 bridgehead atoms. The van der Waals surface area contributed by atoms with Gasteiger partial charge in [0.2, 0.25) is 10.0 Å². The van der Waals surface area contributed by atoms with Crippen molar-refractivity contribution in [3.63, 3.8) is 0 Å². The van der Waals surface area contributed by atoms with E-state index in [4.69, 9.17) is 14.1 Å². The van der Waals surface area contributed by atoms with Crippen molar-refractivity contribution in [2.45, 2.75) is 51.3 Å². The van der Waals surface area contributed by atoms with Gasteiger partial charge in [-0.15, -0.1) is 0 Å². The van der Waals surface area contributed by atoms with Crippen LogP contribution in [0.5, 0.6) is 0 Å². The molecule has 0 radical (unpaired) electrons. The summed E-state index contributed by atoms with van der Waals surface area (Å²) < 4.78 is 40.2. The number of morpholine rings is 1. The van der Waals surface area contributed by atoms with Crippen LogP contribution in [-0.4, -0.2) is 48.9 Å². The van der Waals surface area contributed by atoms with Gasteiger partial charge in [-0.2, -0.15) is 4.31 Å². The second-order valence-electron chi connectivity index (χ2n) is 9.45. The van der Waals surface area contributed by atoms with E-state index in [9.17, 15) is 13.2 Å². The summed E-state index contributed by atoms with van der Waals surface area (Å²) in [6.45, 7) is 8.53. The van der Waals surface area contributed by atoms with E-state index in [0.29, 0.717) is 29.5 Å². The molecule has 1 saturated heterocycles. The lowest BCUT2D eigenvalue weighted by atomic mass is 10.1. The molecule has 2 unspecified atom stereocenters. The van der Waals surface area contributed by atoms with E-state index in [1.165, 1.54) is 27.8 Å². The number of amides is 1. The predicted molar refractivity (Wildman–Crippen MR) is 144 cm³/mol. The SMILES string of the molecule is Cc1ccc(C)c2sc(N(Cc3ccco3)C(=O)c3ccc(S(=O)(=O)N4CC(C)OC(C)C4)cc3)nc12. The van der Waals surface area contributed by atoms with Gasteiger partial charge in [0, 0.05) is 18.7 Å². The molecule has 3 heterocycles. The van der Waals surface area contributed by atoms with E-state index in [1.54, 1.807) is 29.4 Å². The van der Waals surface area contributed by atoms with Crippen LogP contribution in [-0.2, 0) is 21.3 Å². The normalized spacial score (nSPS) is 18.8. The zero-order valence-electron chi connectivity index (χ0n) is 21.2. The molecule has 4 aromatic rings. The molecule has 2 atom stereocenters. The molecule has 1 aliphatic rings. The number of hydrogen-bond acceptors (Lipinski definition) is 7. The molecular formula is C27H29N3O5S2. The lowest BCUT2D eigenvalue weighted by Crippen LogP contribution is -2.48. The summed E-state index contributed by atoms with van der Waals surface area (Å²) in [5, 5.41) is 0.557. The van der Waals surface area contributed by atoms with Gasteiger partial charge in [-0.1, -0.05) is 23.5 Å². The average Bonchev–Trinajstić information content (AvgIpc) is 3.55. The third-order valence-corrected chi connectivity index (χ3v) is 9.49. The summed E-state index contributed by atoms with van der Waals surface area (Å²) in [7, 11) is -3.71. The number of aryl methyl sites for hydroxylation is 2. The number of benzene rings is 2. The molecule has 1 amide bonds. The van der Waals surface area contributed by atoms with Gasteiger partial charge >= 0.3 is 0 Å². The van der Waals surface area contributed by atoms with Crippen molar-refractivity contribution in [2.75, 3.05) is 18.0 Å². The average molecular weight is 540 g/mol. The van der Waals surface area contributed by atoms with Gasteiger partial charge in [-0.3, -0.25) is 9.69 Å². The molecule has 0 saturated carbocycles. The molecule has 2 aromatic heterocycles. The zero-order chi connectivity index (χ0) is 26.3. The number of anilines is 1. The lowest BCUT2D eigenvalue weighted by molar-refractivity contribution is -0.0440. The maximum Gasteiger partial charge on any atom is 0.260 e. The number of carbonyl (C=O) groups is 1. The Bertz CT molecular complexity index is 1480. The maximum atomic E-state index is 13.7. The van der Waals surface area contributed by atoms with Crippen molar-refractivity contribution < 1.29 is 22.4 Å². The summed E-state index contributed by atoms with van der Waals surface area (Å²) in [6, 6.07) is 13.8. The maximum absolute atomic E-state index is 13.7. The first-order chi connectivity index (χ1) is 17.6. The third kappa shape index (κ3) is 5.06. The van der Waals surface area contributed by atoms with Crippen LogP contribution in [0.2, 0.25) is 0 Å². The molecule has 2 aromatic carbocycles. The number of sulfonamides is 1. The number of thiazole rings is 1. The fraction of sp³-hybridized carbons (Fsp3) is 0.333. The number of furan rings is 1. The molecule has 194 valence electrons. The highest BCUT2D eigenvalue weighted by Gasteiger charge is 2.32. The smallest absolute Gasteiger partial charge is 0.260 e. The molecule has 1 fully saturated rings. The monoisotopic (exact) mass is 539 g/mol. The number of carbonyl (C=O) groups excluding carboxylic acids is 1. The molecule has 37 heavy (non-hydrogen) atoms. The molecule has 0 aliphatic carbocycles. The summed E-state index contributed by atoms with van der Waals surface area (Å²) >= 11 is 1.46. The van der Waals surface area contributed by atoms with Crippen LogP contribution in [0.4, 0.5) is 5.13 Å². The van der Waals surface area contributed by atoms with Gasteiger partial charge in [-0.05, 0) is 75.2 Å². The first-order valence-corrected chi connectivity index (χ1v) is 14.4. The first kappa shape index (κ1) is 25.6. The Balaban J connectivity index is 1.47. The minimum Gasteiger partial charge on any atom is -0.467 e. The van der Waals surface area contributed by atoms with E-state index in [0.717, 1.165) is 21.3 Å². The van der Waals surface area contributed by atoms with Crippen LogP contribution >= 0.6 is 11.3 Å². The van der Waals surface area contributed by atoms with Gasteiger partial charge in [0.15, 0.2) is 5.13 Å². The number of rotatable bonds is 6. The summed E-state index contributed by atoms with van der Waals surface area (Å²) in [5.41, 5.74) is 3.36. The van der Waals surface area contributed by atoms with Crippen molar-refractivity contribution in [1.29, 1.82) is 0 Å². The number of nitrogens with zero attached hydrogens (tertiary/aromatic N) is 3. The van der Waals surface area contributed by atoms with Gasteiger partial charge in [0.05, 0.1) is 40.1 Å². The van der Waals surface area contributed by atoms with Crippen molar-refractivity contribution in [2.24, 2.45) is 0 Å². The van der Waals surface area contributed by atoms with Crippen LogP contribution in [0.25, 0.3) is 10.2 Å². The number of fused-ring (bicyclic) bond motifs is 1. The van der Waals surface area contributed by atoms with Gasteiger partial charge in [0.25, 0.3) is 5.91 Å². The van der Waals surface area contributed by atoms with Crippen LogP contribution in [0.1, 0.15) is 41.1 Å². The first-order valence-electron chi connectivity index (χ1n) is 12.1. The standard InChI is InChI=1S/C27H29N3O5S2/c1-17-7-8-18(2)25-24(17)28-27(36-25)30(16-22-6-5-13-34-22)26(31)21-9-11-23(12-10-21)37(32,33)29-14-19(3)35-20(4)15-29/h5-13,19-20H,14-16H2,1-4H3. The number of hydrogen-bond donors (Lipinski definition) is 0. The van der Waals surface area contributed by atoms with Crippen molar-refractivity contribution in [3.05, 3.63) is 77.2 Å². The summed E-state index contributed by atoms with van der Waals surface area (Å²) in [4.78, 5) is 20.3. The largest absolute Gasteiger partial charge is 0.467 e. The van der Waals surface area contributed by atoms with E-state index in [2.05, 4.69) is 0 Å². The van der Waals surface area contributed by atoms with E-state index in [1.807, 2.05) is 45.9 Å². The van der Waals surface area contributed by atoms with Crippen LogP contribution in [0.3, 0.4) is 0 Å². The highest BCUT2D eigenvalue weighted by molar-refractivity contribution is 7.89. The van der Waals surface area contributed by atoms with Crippen LogP contribution in [0, 0.1) is 13.8 Å². The Morgan fingerprint density at radius 3 is 2.35 bits per heavy atom. The lowest BCUT2D eigenvalue weighted by Gasteiger charge is -2.34. The second kappa shape index (κ2) is 10.0. The van der Waals surface area contributed by atoms with Crippen molar-refractivity contribution in [1.82, 2.24) is 9.29 Å². The van der Waals surface area contributed by atoms with E-state index >= 15 is 0 Å². The van der Waals surface area contributed by atoms with Crippen molar-refractivity contribution in [3.8, 4) is 0 Å². The third-order valence-electron chi connectivity index (χ3n) is 6.43. The minimum absolute atomic E-state index is 0.147. The predicted octanol–water partition coefficient (Wildman–Crippen LogP) is 5.15. The second-order valence-corrected chi connectivity index (χ2v) is 12.4. The summed E-state index contributed by atoms with van der Waals surface area (Å²) in [6.07, 6.45) is 1.20. The Labute approximate surface area is 220 Å². The highest BCUT2D eigenvalue weighted by Crippen LogP contribution is 2.34.